The molecule has 20 heavy (non-hydrogen) atoms. The fraction of sp³-hybridized carbons (Fsp3) is 0.467. The van der Waals surface area contributed by atoms with Gasteiger partial charge >= 0.3 is 0 Å². The van der Waals surface area contributed by atoms with Gasteiger partial charge in [0.05, 0.1) is 11.3 Å². The zero-order valence-electron chi connectivity index (χ0n) is 12.3. The molecule has 1 aromatic carbocycles. The smallest absolute Gasteiger partial charge is 0.253 e. The Morgan fingerprint density at radius 3 is 2.45 bits per heavy atom. The Morgan fingerprint density at radius 1 is 1.20 bits per heavy atom. The van der Waals surface area contributed by atoms with Gasteiger partial charge in [-0.3, -0.25) is 9.59 Å². The number of benzene rings is 1. The Labute approximate surface area is 119 Å². The summed E-state index contributed by atoms with van der Waals surface area (Å²) in [5.41, 5.74) is 6.62. The van der Waals surface area contributed by atoms with Crippen molar-refractivity contribution >= 4 is 17.5 Å². The normalized spacial score (nSPS) is 12.1. The Bertz CT molecular complexity index is 470. The minimum absolute atomic E-state index is 0.0137. The van der Waals surface area contributed by atoms with Crippen LogP contribution < -0.4 is 16.4 Å². The first-order valence-electron chi connectivity index (χ1n) is 6.85. The number of amides is 2. The number of carbonyl (C=O) groups is 2. The molecule has 0 spiro atoms. The molecular weight excluding hydrogens is 254 g/mol. The third-order valence-corrected chi connectivity index (χ3v) is 2.69. The highest BCUT2D eigenvalue weighted by atomic mass is 16.2. The van der Waals surface area contributed by atoms with Gasteiger partial charge in [-0.15, -0.1) is 0 Å². The lowest BCUT2D eigenvalue weighted by Crippen LogP contribution is -2.31. The molecule has 1 atom stereocenters. The van der Waals surface area contributed by atoms with Gasteiger partial charge < -0.3 is 16.4 Å². The standard InChI is InChI=1S/C15H23N3O2/c1-10(2)17-15(20)12-6-4-5-7-13(12)18-14(19)9-8-11(3)16/h4-7,10-11H,8-9,16H2,1-3H3,(H,17,20)(H,18,19). The molecule has 0 saturated carbocycles. The van der Waals surface area contributed by atoms with Crippen LogP contribution in [0.1, 0.15) is 44.0 Å². The second-order valence-electron chi connectivity index (χ2n) is 5.24. The van der Waals surface area contributed by atoms with E-state index in [4.69, 9.17) is 5.73 Å². The van der Waals surface area contributed by atoms with Crippen LogP contribution in [0.2, 0.25) is 0 Å². The molecule has 2 amide bonds. The van der Waals surface area contributed by atoms with Crippen molar-refractivity contribution in [1.82, 2.24) is 5.32 Å². The summed E-state index contributed by atoms with van der Waals surface area (Å²) < 4.78 is 0. The molecule has 0 aliphatic rings. The minimum Gasteiger partial charge on any atom is -0.350 e. The van der Waals surface area contributed by atoms with E-state index in [1.165, 1.54) is 0 Å². The van der Waals surface area contributed by atoms with Crippen LogP contribution in [0.15, 0.2) is 24.3 Å². The lowest BCUT2D eigenvalue weighted by Gasteiger charge is -2.13. The fourth-order valence-corrected chi connectivity index (χ4v) is 1.70. The number of nitrogens with two attached hydrogens (primary N) is 1. The summed E-state index contributed by atoms with van der Waals surface area (Å²) >= 11 is 0. The molecule has 5 heteroatoms. The summed E-state index contributed by atoms with van der Waals surface area (Å²) in [5.74, 6) is -0.324. The molecule has 0 heterocycles. The molecule has 0 saturated heterocycles. The molecule has 1 unspecified atom stereocenters. The maximum absolute atomic E-state index is 12.0. The zero-order valence-corrected chi connectivity index (χ0v) is 12.3. The summed E-state index contributed by atoms with van der Waals surface area (Å²) in [6, 6.07) is 7.00. The van der Waals surface area contributed by atoms with Gasteiger partial charge in [-0.1, -0.05) is 12.1 Å². The van der Waals surface area contributed by atoms with Crippen LogP contribution >= 0.6 is 0 Å². The van der Waals surface area contributed by atoms with E-state index in [-0.39, 0.29) is 23.9 Å². The summed E-state index contributed by atoms with van der Waals surface area (Å²) in [7, 11) is 0. The van der Waals surface area contributed by atoms with E-state index in [2.05, 4.69) is 10.6 Å². The van der Waals surface area contributed by atoms with E-state index >= 15 is 0 Å². The van der Waals surface area contributed by atoms with E-state index in [0.717, 1.165) is 0 Å². The van der Waals surface area contributed by atoms with E-state index in [0.29, 0.717) is 24.1 Å². The molecule has 5 nitrogen and oxygen atoms in total. The molecule has 0 aliphatic heterocycles. The monoisotopic (exact) mass is 277 g/mol. The number of carbonyl (C=O) groups excluding carboxylic acids is 2. The van der Waals surface area contributed by atoms with E-state index < -0.39 is 0 Å². The van der Waals surface area contributed by atoms with Crippen molar-refractivity contribution in [2.24, 2.45) is 5.73 Å². The quantitative estimate of drug-likeness (QED) is 0.742. The maximum Gasteiger partial charge on any atom is 0.253 e. The molecule has 0 bridgehead atoms. The zero-order chi connectivity index (χ0) is 15.1. The van der Waals surface area contributed by atoms with Gasteiger partial charge in [-0.05, 0) is 39.3 Å². The van der Waals surface area contributed by atoms with Crippen molar-refractivity contribution in [2.45, 2.75) is 45.7 Å². The van der Waals surface area contributed by atoms with Gasteiger partial charge in [-0.2, -0.15) is 0 Å². The third kappa shape index (κ3) is 5.40. The number of rotatable bonds is 6. The lowest BCUT2D eigenvalue weighted by molar-refractivity contribution is -0.116. The second-order valence-corrected chi connectivity index (χ2v) is 5.24. The largest absolute Gasteiger partial charge is 0.350 e. The van der Waals surface area contributed by atoms with E-state index in [9.17, 15) is 9.59 Å². The molecule has 0 aromatic heterocycles. The molecule has 1 rings (SSSR count). The predicted molar refractivity (Wildman–Crippen MR) is 80.6 cm³/mol. The Morgan fingerprint density at radius 2 is 1.85 bits per heavy atom. The minimum atomic E-state index is -0.192. The molecule has 4 N–H and O–H groups in total. The number of hydrogen-bond acceptors (Lipinski definition) is 3. The summed E-state index contributed by atoms with van der Waals surface area (Å²) in [4.78, 5) is 23.9. The van der Waals surface area contributed by atoms with Crippen molar-refractivity contribution in [3.8, 4) is 0 Å². The fourth-order valence-electron chi connectivity index (χ4n) is 1.70. The Hall–Kier alpha value is -1.88. The average molecular weight is 277 g/mol. The SMILES string of the molecule is CC(N)CCC(=O)Nc1ccccc1C(=O)NC(C)C. The van der Waals surface area contributed by atoms with Crippen LogP contribution in [-0.4, -0.2) is 23.9 Å². The lowest BCUT2D eigenvalue weighted by atomic mass is 10.1. The second kappa shape index (κ2) is 7.65. The topological polar surface area (TPSA) is 84.2 Å². The molecule has 0 fully saturated rings. The maximum atomic E-state index is 12.0. The first-order valence-corrected chi connectivity index (χ1v) is 6.85. The highest BCUT2D eigenvalue weighted by molar-refractivity contribution is 6.03. The third-order valence-electron chi connectivity index (χ3n) is 2.69. The first kappa shape index (κ1) is 16.2. The van der Waals surface area contributed by atoms with Gasteiger partial charge in [0.2, 0.25) is 5.91 Å². The Kier molecular flexibility index (Phi) is 6.18. The van der Waals surface area contributed by atoms with Crippen LogP contribution in [-0.2, 0) is 4.79 Å². The van der Waals surface area contributed by atoms with Crippen LogP contribution in [0.3, 0.4) is 0 Å². The summed E-state index contributed by atoms with van der Waals surface area (Å²) in [5, 5.41) is 5.58. The van der Waals surface area contributed by atoms with E-state index in [1.807, 2.05) is 20.8 Å². The summed E-state index contributed by atoms with van der Waals surface area (Å²) in [6.07, 6.45) is 0.962. The number of nitrogens with one attached hydrogen (secondary N) is 2. The first-order chi connectivity index (χ1) is 9.40. The van der Waals surface area contributed by atoms with Gasteiger partial charge in [0, 0.05) is 18.5 Å². The van der Waals surface area contributed by atoms with Crippen LogP contribution in [0.5, 0.6) is 0 Å². The van der Waals surface area contributed by atoms with Crippen LogP contribution in [0, 0.1) is 0 Å². The van der Waals surface area contributed by atoms with Crippen molar-refractivity contribution in [1.29, 1.82) is 0 Å². The molecule has 110 valence electrons. The van der Waals surface area contributed by atoms with Crippen LogP contribution in [0.4, 0.5) is 5.69 Å². The van der Waals surface area contributed by atoms with Gasteiger partial charge in [-0.25, -0.2) is 0 Å². The van der Waals surface area contributed by atoms with Crippen molar-refractivity contribution in [3.05, 3.63) is 29.8 Å². The number of para-hydroxylation sites is 1. The van der Waals surface area contributed by atoms with Crippen molar-refractivity contribution < 1.29 is 9.59 Å². The number of hydrogen-bond donors (Lipinski definition) is 3. The Balaban J connectivity index is 2.75. The highest BCUT2D eigenvalue weighted by Crippen LogP contribution is 2.15. The molecule has 1 aromatic rings. The van der Waals surface area contributed by atoms with Gasteiger partial charge in [0.1, 0.15) is 0 Å². The van der Waals surface area contributed by atoms with Crippen LogP contribution in [0.25, 0.3) is 0 Å². The molecular formula is C15H23N3O2. The van der Waals surface area contributed by atoms with Gasteiger partial charge in [0.25, 0.3) is 5.91 Å². The average Bonchev–Trinajstić information content (AvgIpc) is 2.36. The summed E-state index contributed by atoms with van der Waals surface area (Å²) in [6.45, 7) is 5.64. The van der Waals surface area contributed by atoms with Gasteiger partial charge in [0.15, 0.2) is 0 Å². The molecule has 0 aliphatic carbocycles. The number of anilines is 1. The molecule has 0 radical (unpaired) electrons. The van der Waals surface area contributed by atoms with E-state index in [1.54, 1.807) is 24.3 Å². The predicted octanol–water partition coefficient (Wildman–Crippen LogP) is 1.89. The van der Waals surface area contributed by atoms with Crippen molar-refractivity contribution in [3.63, 3.8) is 0 Å². The van der Waals surface area contributed by atoms with Crippen molar-refractivity contribution in [2.75, 3.05) is 5.32 Å². The highest BCUT2D eigenvalue weighted by Gasteiger charge is 2.13.